The lowest BCUT2D eigenvalue weighted by molar-refractivity contribution is 0.105. The molecular weight excluding hydrogens is 473 g/mol. The lowest BCUT2D eigenvalue weighted by atomic mass is 10.3. The Morgan fingerprint density at radius 1 is 1.11 bits per heavy atom. The zero-order valence-corrected chi connectivity index (χ0v) is 18.8. The fourth-order valence-corrected chi connectivity index (χ4v) is 2.30. The quantitative estimate of drug-likeness (QED) is 0.200. The number of hydrogen-bond acceptors (Lipinski definition) is 5. The second-order valence-electron chi connectivity index (χ2n) is 5.70. The topological polar surface area (TPSA) is 77.3 Å². The first-order valence-electron chi connectivity index (χ1n) is 9.21. The summed E-state index contributed by atoms with van der Waals surface area (Å²) in [6.45, 7) is 5.85. The zero-order chi connectivity index (χ0) is 19.2. The van der Waals surface area contributed by atoms with Crippen LogP contribution in [0.3, 0.4) is 0 Å². The maximum atomic E-state index is 5.72. The van der Waals surface area contributed by atoms with Crippen molar-refractivity contribution < 1.29 is 18.6 Å². The predicted molar refractivity (Wildman–Crippen MR) is 121 cm³/mol. The first-order valence-corrected chi connectivity index (χ1v) is 9.21. The molecule has 1 aromatic carbocycles. The van der Waals surface area contributed by atoms with E-state index < -0.39 is 0 Å². The van der Waals surface area contributed by atoms with Crippen molar-refractivity contribution in [1.29, 1.82) is 0 Å². The molecule has 0 bridgehead atoms. The Bertz CT molecular complexity index is 665. The van der Waals surface area contributed by atoms with E-state index in [1.54, 1.807) is 13.4 Å². The fourth-order valence-electron chi connectivity index (χ4n) is 2.30. The van der Waals surface area contributed by atoms with E-state index in [-0.39, 0.29) is 24.0 Å². The number of nitrogens with one attached hydrogen (secondary N) is 2. The van der Waals surface area contributed by atoms with Gasteiger partial charge in [-0.2, -0.15) is 0 Å². The van der Waals surface area contributed by atoms with Crippen LogP contribution in [-0.4, -0.2) is 45.9 Å². The molecule has 0 aliphatic carbocycles. The molecule has 1 heterocycles. The van der Waals surface area contributed by atoms with Gasteiger partial charge in [-0.25, -0.2) is 0 Å². The first-order chi connectivity index (χ1) is 13.3. The summed E-state index contributed by atoms with van der Waals surface area (Å²) in [7, 11) is 1.64. The number of nitrogens with zero attached hydrogens (tertiary/aromatic N) is 1. The third-order valence-corrected chi connectivity index (χ3v) is 3.59. The molecule has 0 radical (unpaired) electrons. The lowest BCUT2D eigenvalue weighted by Crippen LogP contribution is -2.39. The summed E-state index contributed by atoms with van der Waals surface area (Å²) < 4.78 is 21.7. The summed E-state index contributed by atoms with van der Waals surface area (Å²) in [6.07, 6.45) is 2.49. The molecule has 0 aliphatic rings. The normalized spacial score (nSPS) is 10.9. The monoisotopic (exact) mass is 503 g/mol. The second-order valence-corrected chi connectivity index (χ2v) is 5.70. The molecule has 0 saturated carbocycles. The molecule has 0 fully saturated rings. The van der Waals surface area contributed by atoms with Crippen LogP contribution in [0.5, 0.6) is 11.5 Å². The number of halogens is 1. The fraction of sp³-hybridized carbons (Fsp3) is 0.450. The summed E-state index contributed by atoms with van der Waals surface area (Å²) in [5, 5.41) is 6.48. The lowest BCUT2D eigenvalue weighted by Gasteiger charge is -2.12. The highest BCUT2D eigenvalue weighted by atomic mass is 127. The number of furan rings is 1. The SMILES string of the molecule is CCNC(=NCCCOCc1ccco1)NCCOc1cccc(OC)c1.I. The van der Waals surface area contributed by atoms with E-state index in [0.717, 1.165) is 36.2 Å². The highest BCUT2D eigenvalue weighted by Crippen LogP contribution is 2.18. The van der Waals surface area contributed by atoms with Crippen molar-refractivity contribution >= 4 is 29.9 Å². The third kappa shape index (κ3) is 9.84. The highest BCUT2D eigenvalue weighted by molar-refractivity contribution is 14.0. The molecule has 7 nitrogen and oxygen atoms in total. The summed E-state index contributed by atoms with van der Waals surface area (Å²) in [4.78, 5) is 4.54. The summed E-state index contributed by atoms with van der Waals surface area (Å²) >= 11 is 0. The van der Waals surface area contributed by atoms with E-state index in [0.29, 0.717) is 32.9 Å². The van der Waals surface area contributed by atoms with Crippen LogP contribution >= 0.6 is 24.0 Å². The van der Waals surface area contributed by atoms with Crippen LogP contribution in [0.2, 0.25) is 0 Å². The van der Waals surface area contributed by atoms with Gasteiger partial charge in [-0.3, -0.25) is 4.99 Å². The third-order valence-electron chi connectivity index (χ3n) is 3.59. The molecule has 0 aliphatic heterocycles. The van der Waals surface area contributed by atoms with Crippen LogP contribution in [-0.2, 0) is 11.3 Å². The molecule has 156 valence electrons. The zero-order valence-electron chi connectivity index (χ0n) is 16.5. The van der Waals surface area contributed by atoms with Gasteiger partial charge in [-0.15, -0.1) is 24.0 Å². The van der Waals surface area contributed by atoms with Crippen molar-refractivity contribution in [3.63, 3.8) is 0 Å². The number of aliphatic imine (C=N–C) groups is 1. The molecule has 8 heteroatoms. The van der Waals surface area contributed by atoms with Crippen molar-refractivity contribution in [1.82, 2.24) is 10.6 Å². The van der Waals surface area contributed by atoms with Gasteiger partial charge in [0.15, 0.2) is 5.96 Å². The van der Waals surface area contributed by atoms with Crippen molar-refractivity contribution in [3.05, 3.63) is 48.4 Å². The van der Waals surface area contributed by atoms with Gasteiger partial charge in [0, 0.05) is 25.8 Å². The van der Waals surface area contributed by atoms with E-state index in [1.165, 1.54) is 0 Å². The summed E-state index contributed by atoms with van der Waals surface area (Å²) in [5.74, 6) is 3.18. The minimum Gasteiger partial charge on any atom is -0.497 e. The summed E-state index contributed by atoms with van der Waals surface area (Å²) in [5.41, 5.74) is 0. The van der Waals surface area contributed by atoms with Crippen LogP contribution in [0.25, 0.3) is 0 Å². The summed E-state index contributed by atoms with van der Waals surface area (Å²) in [6, 6.07) is 11.3. The molecule has 0 saturated heterocycles. The maximum absolute atomic E-state index is 5.72. The first kappa shape index (κ1) is 24.1. The minimum absolute atomic E-state index is 0. The molecule has 0 spiro atoms. The van der Waals surface area contributed by atoms with Crippen LogP contribution in [0.1, 0.15) is 19.1 Å². The molecular formula is C20H30IN3O4. The highest BCUT2D eigenvalue weighted by Gasteiger charge is 2.00. The molecule has 0 amide bonds. The molecule has 2 rings (SSSR count). The van der Waals surface area contributed by atoms with Crippen molar-refractivity contribution in [2.24, 2.45) is 4.99 Å². The number of rotatable bonds is 12. The molecule has 28 heavy (non-hydrogen) atoms. The Labute approximate surface area is 183 Å². The average Bonchev–Trinajstić information content (AvgIpc) is 3.21. The van der Waals surface area contributed by atoms with E-state index in [1.807, 2.05) is 43.3 Å². The van der Waals surface area contributed by atoms with Crippen molar-refractivity contribution in [3.8, 4) is 11.5 Å². The van der Waals surface area contributed by atoms with Crippen molar-refractivity contribution in [2.45, 2.75) is 20.0 Å². The predicted octanol–water partition coefficient (Wildman–Crippen LogP) is 3.45. The number of hydrogen-bond donors (Lipinski definition) is 2. The van der Waals surface area contributed by atoms with Gasteiger partial charge in [0.2, 0.25) is 0 Å². The molecule has 0 unspecified atom stereocenters. The van der Waals surface area contributed by atoms with Gasteiger partial charge >= 0.3 is 0 Å². The number of methoxy groups -OCH3 is 1. The van der Waals surface area contributed by atoms with E-state index in [9.17, 15) is 0 Å². The minimum atomic E-state index is 0. The van der Waals surface area contributed by atoms with Gasteiger partial charge in [0.05, 0.1) is 19.9 Å². The van der Waals surface area contributed by atoms with Crippen LogP contribution in [0.15, 0.2) is 52.1 Å². The Morgan fingerprint density at radius 2 is 1.96 bits per heavy atom. The standard InChI is InChI=1S/C20H29N3O4.HI/c1-3-21-20(22-10-6-12-25-16-19-9-5-13-26-19)23-11-14-27-18-8-4-7-17(15-18)24-2;/h4-5,7-9,13,15H,3,6,10-12,14,16H2,1-2H3,(H2,21,22,23);1H. The van der Waals surface area contributed by atoms with Gasteiger partial charge in [-0.05, 0) is 37.6 Å². The van der Waals surface area contributed by atoms with Crippen LogP contribution in [0.4, 0.5) is 0 Å². The Hall–Kier alpha value is -1.94. The van der Waals surface area contributed by atoms with E-state index in [2.05, 4.69) is 15.6 Å². The Morgan fingerprint density at radius 3 is 2.71 bits per heavy atom. The molecule has 2 N–H and O–H groups in total. The van der Waals surface area contributed by atoms with Gasteiger partial charge in [0.25, 0.3) is 0 Å². The van der Waals surface area contributed by atoms with Crippen molar-refractivity contribution in [2.75, 3.05) is 40.0 Å². The largest absolute Gasteiger partial charge is 0.497 e. The number of benzene rings is 1. The van der Waals surface area contributed by atoms with Crippen LogP contribution in [0, 0.1) is 0 Å². The molecule has 0 atom stereocenters. The van der Waals surface area contributed by atoms with E-state index >= 15 is 0 Å². The molecule has 2 aromatic rings. The smallest absolute Gasteiger partial charge is 0.191 e. The number of ether oxygens (including phenoxy) is 3. The van der Waals surface area contributed by atoms with Gasteiger partial charge in [0.1, 0.15) is 30.5 Å². The molecule has 1 aromatic heterocycles. The Kier molecular flexibility index (Phi) is 12.9. The second kappa shape index (κ2) is 15.0. The van der Waals surface area contributed by atoms with Gasteiger partial charge in [-0.1, -0.05) is 6.07 Å². The Balaban J connectivity index is 0.00000392. The average molecular weight is 503 g/mol. The maximum Gasteiger partial charge on any atom is 0.191 e. The number of guanidine groups is 1. The van der Waals surface area contributed by atoms with E-state index in [4.69, 9.17) is 18.6 Å². The van der Waals surface area contributed by atoms with Gasteiger partial charge < -0.3 is 29.3 Å². The van der Waals surface area contributed by atoms with Crippen LogP contribution < -0.4 is 20.1 Å².